The van der Waals surface area contributed by atoms with Crippen LogP contribution in [-0.4, -0.2) is 9.13 Å². The van der Waals surface area contributed by atoms with Crippen LogP contribution in [0.3, 0.4) is 0 Å². The zero-order chi connectivity index (χ0) is 68.9. The fourth-order valence-corrected chi connectivity index (χ4v) is 15.7. The SMILES string of the molecule is c1ccc(-c2cccc(-c3ccc(-c4cccc(-c5cc(-c6cccc(-c7ccccc7)c6)cc(-c6cccc(-c7cccc(-c8cccc(-n9c%10ccccc%10c%10cc(-c%11ccc%12c(c%11)c%11ccccc%11n%12-c%11cccc(-c%12cccc(-c%13ccccc%13)c%12)c%11)ccc%109)c8)c7)c6)c5)c4)cc3)c2)cc1. The van der Waals surface area contributed by atoms with Gasteiger partial charge in [-0.05, 0) is 249 Å². The standard InChI is InChI=1S/C102H68N2/c1-4-22-69(23-5-1)74-28-14-31-77(56-74)72-48-50-73(51-49-72)78-32-17-38-84(59-78)91-62-90(83-37-16-30-76(58-83)71-26-8-3-9-27-71)63-92(64-91)85-39-19-34-80(61-85)79-33-18-36-82(60-79)87-41-21-43-94(66-87)104-100-47-13-11-45-96(100)98-68-89(53-55-102(98)104)88-52-54-101-97(67-88)95-44-10-12-46-99(95)103(101)93-42-20-40-86(65-93)81-35-15-29-75(57-81)70-24-6-2-7-25-70/h1-68H. The Morgan fingerprint density at radius 3 is 0.606 bits per heavy atom. The minimum atomic E-state index is 1.12. The number of hydrogen-bond donors (Lipinski definition) is 0. The maximum absolute atomic E-state index is 2.44. The lowest BCUT2D eigenvalue weighted by Crippen LogP contribution is -1.94. The third-order valence-corrected chi connectivity index (χ3v) is 20.9. The summed E-state index contributed by atoms with van der Waals surface area (Å²) in [6.45, 7) is 0. The molecule has 0 aliphatic heterocycles. The monoisotopic (exact) mass is 1320 g/mol. The van der Waals surface area contributed by atoms with E-state index in [1.165, 1.54) is 127 Å². The molecule has 0 saturated heterocycles. The second kappa shape index (κ2) is 26.5. The van der Waals surface area contributed by atoms with Gasteiger partial charge in [-0.3, -0.25) is 0 Å². The van der Waals surface area contributed by atoms with Crippen molar-refractivity contribution in [2.45, 2.75) is 0 Å². The molecular weight excluding hydrogens is 1250 g/mol. The highest BCUT2D eigenvalue weighted by molar-refractivity contribution is 6.13. The second-order valence-electron chi connectivity index (χ2n) is 27.2. The van der Waals surface area contributed by atoms with E-state index in [1.54, 1.807) is 0 Å². The number of hydrogen-bond acceptors (Lipinski definition) is 0. The van der Waals surface area contributed by atoms with Crippen molar-refractivity contribution in [2.24, 2.45) is 0 Å². The van der Waals surface area contributed by atoms with Crippen LogP contribution < -0.4 is 0 Å². The first-order valence-electron chi connectivity index (χ1n) is 35.8. The summed E-state index contributed by atoms with van der Waals surface area (Å²) in [5, 5.41) is 4.90. The summed E-state index contributed by atoms with van der Waals surface area (Å²) in [6, 6.07) is 152. The van der Waals surface area contributed by atoms with Crippen molar-refractivity contribution in [2.75, 3.05) is 0 Å². The summed E-state index contributed by atoms with van der Waals surface area (Å²) in [4.78, 5) is 0. The molecule has 0 fully saturated rings. The maximum Gasteiger partial charge on any atom is 0.0541 e. The van der Waals surface area contributed by atoms with Crippen LogP contribution in [0.15, 0.2) is 413 Å². The predicted octanol–water partition coefficient (Wildman–Crippen LogP) is 27.9. The summed E-state index contributed by atoms with van der Waals surface area (Å²) in [5.74, 6) is 0. The van der Waals surface area contributed by atoms with Crippen LogP contribution in [0.1, 0.15) is 0 Å². The fourth-order valence-electron chi connectivity index (χ4n) is 15.7. The van der Waals surface area contributed by atoms with Crippen LogP contribution in [0.25, 0.3) is 189 Å². The Kier molecular flexibility index (Phi) is 15.6. The highest BCUT2D eigenvalue weighted by atomic mass is 15.0. The highest BCUT2D eigenvalue weighted by Crippen LogP contribution is 2.43. The topological polar surface area (TPSA) is 9.86 Å². The van der Waals surface area contributed by atoms with Gasteiger partial charge in [-0.1, -0.05) is 297 Å². The molecule has 486 valence electrons. The highest BCUT2D eigenvalue weighted by Gasteiger charge is 2.19. The van der Waals surface area contributed by atoms with Crippen molar-refractivity contribution in [3.63, 3.8) is 0 Å². The predicted molar refractivity (Wildman–Crippen MR) is 440 cm³/mol. The molecule has 17 aromatic carbocycles. The number of para-hydroxylation sites is 2. The van der Waals surface area contributed by atoms with E-state index >= 15 is 0 Å². The molecule has 0 saturated carbocycles. The Hall–Kier alpha value is -13.7. The third kappa shape index (κ3) is 11.7. The van der Waals surface area contributed by atoms with Crippen molar-refractivity contribution in [1.82, 2.24) is 9.13 Å². The molecule has 2 nitrogen and oxygen atoms in total. The van der Waals surface area contributed by atoms with Crippen LogP contribution in [0.2, 0.25) is 0 Å². The third-order valence-electron chi connectivity index (χ3n) is 20.9. The largest absolute Gasteiger partial charge is 0.309 e. The van der Waals surface area contributed by atoms with Gasteiger partial charge in [0.15, 0.2) is 0 Å². The average molecular weight is 1320 g/mol. The molecule has 2 heterocycles. The first kappa shape index (κ1) is 61.4. The van der Waals surface area contributed by atoms with Gasteiger partial charge in [0.1, 0.15) is 0 Å². The Morgan fingerprint density at radius 1 is 0.106 bits per heavy atom. The van der Waals surface area contributed by atoms with Crippen molar-refractivity contribution >= 4 is 43.6 Å². The Morgan fingerprint density at radius 2 is 0.298 bits per heavy atom. The number of aromatic nitrogens is 2. The van der Waals surface area contributed by atoms with Gasteiger partial charge < -0.3 is 9.13 Å². The van der Waals surface area contributed by atoms with Gasteiger partial charge in [-0.2, -0.15) is 0 Å². The van der Waals surface area contributed by atoms with Crippen LogP contribution >= 0.6 is 0 Å². The molecule has 19 rings (SSSR count). The van der Waals surface area contributed by atoms with Crippen molar-refractivity contribution < 1.29 is 0 Å². The number of rotatable bonds is 14. The molecular formula is C102H68N2. The van der Waals surface area contributed by atoms with Crippen molar-refractivity contribution in [3.05, 3.63) is 413 Å². The summed E-state index contributed by atoms with van der Waals surface area (Å²) in [6.07, 6.45) is 0. The van der Waals surface area contributed by atoms with E-state index in [0.717, 1.165) is 61.4 Å². The molecule has 0 spiro atoms. The van der Waals surface area contributed by atoms with Gasteiger partial charge >= 0.3 is 0 Å². The van der Waals surface area contributed by atoms with Gasteiger partial charge in [0.25, 0.3) is 0 Å². The van der Waals surface area contributed by atoms with Crippen LogP contribution in [-0.2, 0) is 0 Å². The summed E-state index contributed by atoms with van der Waals surface area (Å²) in [7, 11) is 0. The molecule has 2 heteroatoms. The van der Waals surface area contributed by atoms with Gasteiger partial charge in [0.2, 0.25) is 0 Å². The van der Waals surface area contributed by atoms with Gasteiger partial charge in [0.05, 0.1) is 22.1 Å². The molecule has 2 aromatic heterocycles. The number of benzene rings is 17. The molecule has 104 heavy (non-hydrogen) atoms. The van der Waals surface area contributed by atoms with E-state index in [1.807, 2.05) is 0 Å². The van der Waals surface area contributed by atoms with Crippen LogP contribution in [0.5, 0.6) is 0 Å². The molecule has 0 aliphatic rings. The zero-order valence-corrected chi connectivity index (χ0v) is 57.2. The zero-order valence-electron chi connectivity index (χ0n) is 57.2. The lowest BCUT2D eigenvalue weighted by atomic mass is 9.90. The maximum atomic E-state index is 2.44. The molecule has 0 bridgehead atoms. The average Bonchev–Trinajstić information content (AvgIpc) is 1.60. The minimum absolute atomic E-state index is 1.12. The van der Waals surface area contributed by atoms with E-state index < -0.39 is 0 Å². The molecule has 0 radical (unpaired) electrons. The van der Waals surface area contributed by atoms with E-state index in [2.05, 4.69) is 422 Å². The van der Waals surface area contributed by atoms with Gasteiger partial charge in [-0.15, -0.1) is 0 Å². The Labute approximate surface area is 606 Å². The summed E-state index contributed by atoms with van der Waals surface area (Å²) in [5.41, 5.74) is 35.3. The van der Waals surface area contributed by atoms with Crippen LogP contribution in [0.4, 0.5) is 0 Å². The van der Waals surface area contributed by atoms with Gasteiger partial charge in [-0.25, -0.2) is 0 Å². The Bertz CT molecular complexity index is 6450. The first-order chi connectivity index (χ1) is 51.5. The van der Waals surface area contributed by atoms with Gasteiger partial charge in [0, 0.05) is 32.9 Å². The minimum Gasteiger partial charge on any atom is -0.309 e. The number of fused-ring (bicyclic) bond motifs is 6. The molecule has 0 aliphatic carbocycles. The Balaban J connectivity index is 0.634. The molecule has 0 amide bonds. The second-order valence-corrected chi connectivity index (χ2v) is 27.2. The van der Waals surface area contributed by atoms with Crippen LogP contribution in [0, 0.1) is 0 Å². The lowest BCUT2D eigenvalue weighted by molar-refractivity contribution is 1.18. The summed E-state index contributed by atoms with van der Waals surface area (Å²) >= 11 is 0. The van der Waals surface area contributed by atoms with Crippen molar-refractivity contribution in [3.8, 4) is 145 Å². The van der Waals surface area contributed by atoms with Crippen molar-refractivity contribution in [1.29, 1.82) is 0 Å². The first-order valence-corrected chi connectivity index (χ1v) is 35.8. The number of nitrogens with zero attached hydrogens (tertiary/aromatic N) is 2. The molecule has 0 unspecified atom stereocenters. The normalized spacial score (nSPS) is 11.5. The quantitative estimate of drug-likeness (QED) is 0.103. The van der Waals surface area contributed by atoms with E-state index in [0.29, 0.717) is 0 Å². The molecule has 0 atom stereocenters. The van der Waals surface area contributed by atoms with E-state index in [9.17, 15) is 0 Å². The fraction of sp³-hybridized carbons (Fsp3) is 0. The van der Waals surface area contributed by atoms with E-state index in [4.69, 9.17) is 0 Å². The lowest BCUT2D eigenvalue weighted by Gasteiger charge is -2.14. The summed E-state index contributed by atoms with van der Waals surface area (Å²) < 4.78 is 4.87. The smallest absolute Gasteiger partial charge is 0.0541 e. The molecule has 0 N–H and O–H groups in total. The van der Waals surface area contributed by atoms with E-state index in [-0.39, 0.29) is 0 Å². The molecule has 19 aromatic rings.